The van der Waals surface area contributed by atoms with Crippen LogP contribution < -0.4 is 15.0 Å². The average Bonchev–Trinajstić information content (AvgIpc) is 2.95. The molecule has 1 heterocycles. The molecule has 0 N–H and O–H groups in total. The minimum Gasteiger partial charge on any atom is -0.496 e. The van der Waals surface area contributed by atoms with Gasteiger partial charge in [0.2, 0.25) is 0 Å². The van der Waals surface area contributed by atoms with Crippen molar-refractivity contribution in [1.82, 2.24) is 9.66 Å². The van der Waals surface area contributed by atoms with Crippen molar-refractivity contribution in [3.05, 3.63) is 123 Å². The Morgan fingerprint density at radius 2 is 1.75 bits per heavy atom. The number of halogens is 1. The molecule has 0 amide bonds. The van der Waals surface area contributed by atoms with Crippen molar-refractivity contribution in [3.8, 4) is 22.9 Å². The summed E-state index contributed by atoms with van der Waals surface area (Å²) >= 11 is 0. The lowest BCUT2D eigenvalue weighted by Gasteiger charge is -2.17. The van der Waals surface area contributed by atoms with Crippen LogP contribution in [0.25, 0.3) is 22.3 Å². The standard InChI is InChI=1S/C33H30FN3O3/c1-21(2)27-18-28(22(3)16-31(27)39-4)32-36-29-14-7-6-13-26(29)33(38)37(32)35-19-24-11-5-8-15-30(24)40-20-23-10-9-12-25(34)17-23/h5-19,21H,20H2,1-4H3. The lowest BCUT2D eigenvalue weighted by atomic mass is 9.96. The topological polar surface area (TPSA) is 65.7 Å². The van der Waals surface area contributed by atoms with Crippen LogP contribution in [0.3, 0.4) is 0 Å². The molecule has 40 heavy (non-hydrogen) atoms. The predicted molar refractivity (Wildman–Crippen MR) is 157 cm³/mol. The minimum absolute atomic E-state index is 0.189. The summed E-state index contributed by atoms with van der Waals surface area (Å²) in [6.45, 7) is 6.34. The maximum Gasteiger partial charge on any atom is 0.282 e. The van der Waals surface area contributed by atoms with Crippen LogP contribution in [0.4, 0.5) is 4.39 Å². The van der Waals surface area contributed by atoms with Crippen LogP contribution in [-0.4, -0.2) is 23.0 Å². The smallest absolute Gasteiger partial charge is 0.282 e. The van der Waals surface area contributed by atoms with Gasteiger partial charge in [0.25, 0.3) is 5.56 Å². The number of ether oxygens (including phenoxy) is 2. The molecule has 5 aromatic rings. The van der Waals surface area contributed by atoms with E-state index in [9.17, 15) is 9.18 Å². The van der Waals surface area contributed by atoms with Gasteiger partial charge in [0.05, 0.1) is 24.2 Å². The highest BCUT2D eigenvalue weighted by atomic mass is 19.1. The second-order valence-corrected chi connectivity index (χ2v) is 9.83. The largest absolute Gasteiger partial charge is 0.496 e. The zero-order valence-corrected chi connectivity index (χ0v) is 22.9. The van der Waals surface area contributed by atoms with Crippen LogP contribution in [-0.2, 0) is 6.61 Å². The van der Waals surface area contributed by atoms with E-state index in [1.807, 2.05) is 61.5 Å². The van der Waals surface area contributed by atoms with Gasteiger partial charge in [0.1, 0.15) is 23.9 Å². The van der Waals surface area contributed by atoms with E-state index >= 15 is 0 Å². The molecule has 4 aromatic carbocycles. The number of para-hydroxylation sites is 2. The Hall–Kier alpha value is -4.78. The molecule has 0 aliphatic heterocycles. The predicted octanol–water partition coefficient (Wildman–Crippen LogP) is 7.10. The second kappa shape index (κ2) is 11.5. The van der Waals surface area contributed by atoms with Gasteiger partial charge in [-0.25, -0.2) is 9.37 Å². The number of aryl methyl sites for hydroxylation is 1. The van der Waals surface area contributed by atoms with Gasteiger partial charge in [-0.15, -0.1) is 0 Å². The number of nitrogens with zero attached hydrogens (tertiary/aromatic N) is 3. The van der Waals surface area contributed by atoms with Crippen molar-refractivity contribution in [2.24, 2.45) is 5.10 Å². The SMILES string of the molecule is COc1cc(C)c(-c2nc3ccccc3c(=O)n2N=Cc2ccccc2OCc2cccc(F)c2)cc1C(C)C. The molecule has 6 nitrogen and oxygen atoms in total. The maximum atomic E-state index is 13.7. The highest BCUT2D eigenvalue weighted by molar-refractivity contribution is 5.84. The molecule has 0 fully saturated rings. The highest BCUT2D eigenvalue weighted by Crippen LogP contribution is 2.34. The Balaban J connectivity index is 1.61. The number of methoxy groups -OCH3 is 1. The average molecular weight is 536 g/mol. The van der Waals surface area contributed by atoms with E-state index in [1.54, 1.807) is 31.5 Å². The van der Waals surface area contributed by atoms with Crippen LogP contribution in [0.2, 0.25) is 0 Å². The van der Waals surface area contributed by atoms with Crippen molar-refractivity contribution < 1.29 is 13.9 Å². The summed E-state index contributed by atoms with van der Waals surface area (Å²) in [4.78, 5) is 18.6. The summed E-state index contributed by atoms with van der Waals surface area (Å²) in [5.74, 6) is 1.65. The molecular formula is C33H30FN3O3. The highest BCUT2D eigenvalue weighted by Gasteiger charge is 2.18. The molecule has 202 valence electrons. The first-order valence-electron chi connectivity index (χ1n) is 13.1. The molecule has 0 saturated heterocycles. The number of hydrogen-bond donors (Lipinski definition) is 0. The molecule has 0 atom stereocenters. The van der Waals surface area contributed by atoms with Gasteiger partial charge in [-0.3, -0.25) is 4.79 Å². The Labute approximate surface area is 232 Å². The fraction of sp³-hybridized carbons (Fsp3) is 0.182. The summed E-state index contributed by atoms with van der Waals surface area (Å²) in [5.41, 5.74) is 4.40. The van der Waals surface area contributed by atoms with Gasteiger partial charge in [-0.2, -0.15) is 9.78 Å². The van der Waals surface area contributed by atoms with Crippen molar-refractivity contribution >= 4 is 17.1 Å². The van der Waals surface area contributed by atoms with E-state index < -0.39 is 0 Å². The first-order valence-corrected chi connectivity index (χ1v) is 13.1. The summed E-state index contributed by atoms with van der Waals surface area (Å²) in [7, 11) is 1.66. The van der Waals surface area contributed by atoms with Gasteiger partial charge >= 0.3 is 0 Å². The zero-order valence-electron chi connectivity index (χ0n) is 22.9. The molecule has 7 heteroatoms. The van der Waals surface area contributed by atoms with Crippen LogP contribution in [0, 0.1) is 12.7 Å². The maximum absolute atomic E-state index is 13.7. The van der Waals surface area contributed by atoms with Crippen molar-refractivity contribution in [1.29, 1.82) is 0 Å². The van der Waals surface area contributed by atoms with Gasteiger partial charge < -0.3 is 9.47 Å². The van der Waals surface area contributed by atoms with E-state index in [-0.39, 0.29) is 23.9 Å². The first-order chi connectivity index (χ1) is 19.4. The van der Waals surface area contributed by atoms with Crippen LogP contribution in [0.15, 0.2) is 94.8 Å². The summed E-state index contributed by atoms with van der Waals surface area (Å²) in [5, 5.41) is 5.10. The van der Waals surface area contributed by atoms with Gasteiger partial charge in [-0.05, 0) is 78.1 Å². The molecule has 0 spiro atoms. The second-order valence-electron chi connectivity index (χ2n) is 9.83. The van der Waals surface area contributed by atoms with Gasteiger partial charge in [-0.1, -0.05) is 50.2 Å². The number of aromatic nitrogens is 2. The first kappa shape index (κ1) is 26.8. The lowest BCUT2D eigenvalue weighted by molar-refractivity contribution is 0.305. The molecular weight excluding hydrogens is 505 g/mol. The summed E-state index contributed by atoms with van der Waals surface area (Å²) < 4.78 is 26.6. The molecule has 0 bridgehead atoms. The van der Waals surface area contributed by atoms with Crippen LogP contribution >= 0.6 is 0 Å². The quantitative estimate of drug-likeness (QED) is 0.199. The molecule has 0 unspecified atom stereocenters. The fourth-order valence-electron chi connectivity index (χ4n) is 4.60. The third-order valence-electron chi connectivity index (χ3n) is 6.71. The molecule has 1 aromatic heterocycles. The summed E-state index contributed by atoms with van der Waals surface area (Å²) in [6.07, 6.45) is 1.59. The summed E-state index contributed by atoms with van der Waals surface area (Å²) in [6, 6.07) is 24.9. The normalized spacial score (nSPS) is 11.4. The van der Waals surface area contributed by atoms with Crippen LogP contribution in [0.5, 0.6) is 11.5 Å². The van der Waals surface area contributed by atoms with Crippen molar-refractivity contribution in [2.75, 3.05) is 7.11 Å². The number of benzene rings is 4. The molecule has 0 saturated carbocycles. The fourth-order valence-corrected chi connectivity index (χ4v) is 4.60. The van der Waals surface area contributed by atoms with Gasteiger partial charge in [0.15, 0.2) is 5.82 Å². The molecule has 5 rings (SSSR count). The number of hydrogen-bond acceptors (Lipinski definition) is 5. The van der Waals surface area contributed by atoms with E-state index in [2.05, 4.69) is 18.9 Å². The van der Waals surface area contributed by atoms with Crippen molar-refractivity contribution in [3.63, 3.8) is 0 Å². The van der Waals surface area contributed by atoms with E-state index in [1.165, 1.54) is 16.8 Å². The molecule has 0 aliphatic rings. The monoisotopic (exact) mass is 535 g/mol. The third-order valence-corrected chi connectivity index (χ3v) is 6.71. The van der Waals surface area contributed by atoms with E-state index in [4.69, 9.17) is 14.5 Å². The molecule has 0 aliphatic carbocycles. The van der Waals surface area contributed by atoms with E-state index in [0.29, 0.717) is 33.6 Å². The number of fused-ring (bicyclic) bond motifs is 1. The minimum atomic E-state index is -0.318. The molecule has 0 radical (unpaired) electrons. The van der Waals surface area contributed by atoms with Gasteiger partial charge in [0, 0.05) is 11.1 Å². The number of rotatable bonds is 8. The van der Waals surface area contributed by atoms with E-state index in [0.717, 1.165) is 22.4 Å². The Morgan fingerprint density at radius 3 is 2.52 bits per heavy atom. The van der Waals surface area contributed by atoms with Crippen molar-refractivity contribution in [2.45, 2.75) is 33.3 Å². The zero-order chi connectivity index (χ0) is 28.2. The Bertz CT molecular complexity index is 1780. The van der Waals surface area contributed by atoms with Crippen LogP contribution in [0.1, 0.15) is 42.0 Å². The Kier molecular flexibility index (Phi) is 7.73. The Morgan fingerprint density at radius 1 is 0.975 bits per heavy atom. The lowest BCUT2D eigenvalue weighted by Crippen LogP contribution is -2.21. The third kappa shape index (κ3) is 5.50.